The molecule has 0 spiro atoms. The molecule has 0 aliphatic heterocycles. The lowest BCUT2D eigenvalue weighted by Crippen LogP contribution is -2.44. The molecule has 0 fully saturated rings. The number of esters is 2. The normalized spacial score (nSPS) is 12.4. The Morgan fingerprint density at radius 3 is 1.38 bits per heavy atom. The number of aliphatic hydroxyl groups is 1. The molecule has 0 saturated heterocycles. The summed E-state index contributed by atoms with van der Waals surface area (Å²) in [5, 5.41) is 15.7. The van der Waals surface area contributed by atoms with Gasteiger partial charge in [0.2, 0.25) is 0 Å². The highest BCUT2D eigenvalue weighted by Crippen LogP contribution is 2.31. The van der Waals surface area contributed by atoms with Crippen LogP contribution in [-0.4, -0.2) is 61.3 Å². The number of hydrogen-bond acceptors (Lipinski definition) is 12. The summed E-state index contributed by atoms with van der Waals surface area (Å²) < 4.78 is 32.7. The number of nitrogens with one attached hydrogen (secondary N) is 2. The van der Waals surface area contributed by atoms with E-state index in [4.69, 9.17) is 28.4 Å². The zero-order valence-electron chi connectivity index (χ0n) is 36.2. The van der Waals surface area contributed by atoms with E-state index in [2.05, 4.69) is 10.6 Å². The molecule has 4 aromatic carbocycles. The summed E-state index contributed by atoms with van der Waals surface area (Å²) in [6.45, 7) is 7.71. The molecule has 2 amide bonds. The minimum absolute atomic E-state index is 0.0394. The predicted octanol–water partition coefficient (Wildman–Crippen LogP) is 8.93. The zero-order valence-corrected chi connectivity index (χ0v) is 36.2. The van der Waals surface area contributed by atoms with Crippen LogP contribution in [0.15, 0.2) is 121 Å². The van der Waals surface area contributed by atoms with E-state index in [1.807, 2.05) is 88.4 Å². The topological polar surface area (TPSA) is 185 Å². The van der Waals surface area contributed by atoms with Gasteiger partial charge in [0.05, 0.1) is 14.2 Å². The molecule has 2 atom stereocenters. The molecule has 332 valence electrons. The summed E-state index contributed by atoms with van der Waals surface area (Å²) in [5.41, 5.74) is 2.69. The van der Waals surface area contributed by atoms with E-state index >= 15 is 0 Å². The van der Waals surface area contributed by atoms with Crippen LogP contribution >= 0.6 is 0 Å². The lowest BCUT2D eigenvalue weighted by molar-refractivity contribution is -0.138. The Bertz CT molecular complexity index is 2250. The molecule has 63 heavy (non-hydrogen) atoms. The van der Waals surface area contributed by atoms with E-state index in [0.29, 0.717) is 24.0 Å². The van der Waals surface area contributed by atoms with Gasteiger partial charge in [-0.05, 0) is 83.3 Å². The van der Waals surface area contributed by atoms with Crippen molar-refractivity contribution in [1.82, 2.24) is 10.6 Å². The molecule has 0 aliphatic rings. The second-order valence-electron chi connectivity index (χ2n) is 15.1. The van der Waals surface area contributed by atoms with E-state index in [0.717, 1.165) is 17.2 Å². The number of rotatable bonds is 21. The van der Waals surface area contributed by atoms with Gasteiger partial charge in [-0.25, -0.2) is 19.2 Å². The SMILES string of the molecule is COc1cc(/C=C/C(=O)C=C(O)/C=C/c2ccc(OC(=O)[C@H](CC(C)C)NC(=O)OCc3ccccc3)c(OC)c2)ccc1OC(=O)[C@H](CC(C)C)NC(=O)OCc1ccccc1. The van der Waals surface area contributed by atoms with E-state index < -0.39 is 42.0 Å². The van der Waals surface area contributed by atoms with Crippen LogP contribution < -0.4 is 29.6 Å². The van der Waals surface area contributed by atoms with Crippen molar-refractivity contribution in [3.63, 3.8) is 0 Å². The monoisotopic (exact) mass is 862 g/mol. The zero-order chi connectivity index (χ0) is 45.7. The van der Waals surface area contributed by atoms with Gasteiger partial charge in [0.15, 0.2) is 28.8 Å². The molecule has 0 heterocycles. The number of alkyl carbamates (subject to hydrolysis) is 2. The summed E-state index contributed by atoms with van der Waals surface area (Å²) in [4.78, 5) is 64.2. The van der Waals surface area contributed by atoms with Gasteiger partial charge in [-0.15, -0.1) is 0 Å². The number of carbonyl (C=O) groups is 5. The quantitative estimate of drug-likeness (QED) is 0.0238. The first-order valence-corrected chi connectivity index (χ1v) is 20.3. The number of benzene rings is 4. The highest BCUT2D eigenvalue weighted by Gasteiger charge is 2.27. The summed E-state index contributed by atoms with van der Waals surface area (Å²) in [5.74, 6) is -1.54. The largest absolute Gasteiger partial charge is 0.508 e. The summed E-state index contributed by atoms with van der Waals surface area (Å²) >= 11 is 0. The van der Waals surface area contributed by atoms with Crippen molar-refractivity contribution in [2.45, 2.75) is 65.8 Å². The van der Waals surface area contributed by atoms with Crippen molar-refractivity contribution in [2.75, 3.05) is 14.2 Å². The molecule has 0 bridgehead atoms. The number of carbonyl (C=O) groups excluding carboxylic acids is 5. The maximum absolute atomic E-state index is 13.2. The van der Waals surface area contributed by atoms with Gasteiger partial charge < -0.3 is 44.2 Å². The first-order chi connectivity index (χ1) is 30.2. The van der Waals surface area contributed by atoms with Crippen LogP contribution in [0.4, 0.5) is 9.59 Å². The molecule has 0 radical (unpaired) electrons. The summed E-state index contributed by atoms with van der Waals surface area (Å²) in [7, 11) is 2.80. The van der Waals surface area contributed by atoms with Gasteiger partial charge in [0, 0.05) is 6.08 Å². The van der Waals surface area contributed by atoms with Gasteiger partial charge >= 0.3 is 24.1 Å². The van der Waals surface area contributed by atoms with E-state index in [9.17, 15) is 29.1 Å². The number of allylic oxidation sites excluding steroid dienone is 3. The minimum Gasteiger partial charge on any atom is -0.508 e. The Labute approximate surface area is 367 Å². The van der Waals surface area contributed by atoms with Crippen molar-refractivity contribution >= 4 is 42.1 Å². The first-order valence-electron chi connectivity index (χ1n) is 20.3. The number of amides is 2. The molecule has 0 aliphatic carbocycles. The molecule has 4 aromatic rings. The Kier molecular flexibility index (Phi) is 19.0. The summed E-state index contributed by atoms with van der Waals surface area (Å²) in [6.07, 6.45) is 5.68. The molecule has 14 nitrogen and oxygen atoms in total. The minimum atomic E-state index is -0.990. The number of ether oxygens (including phenoxy) is 6. The first kappa shape index (κ1) is 48.3. The van der Waals surface area contributed by atoms with E-state index in [1.54, 1.807) is 24.3 Å². The number of aliphatic hydroxyl groups excluding tert-OH is 1. The van der Waals surface area contributed by atoms with Crippen LogP contribution in [0.1, 0.15) is 62.8 Å². The van der Waals surface area contributed by atoms with Crippen molar-refractivity contribution < 1.29 is 57.5 Å². The van der Waals surface area contributed by atoms with Gasteiger partial charge in [-0.3, -0.25) is 4.79 Å². The molecule has 0 unspecified atom stereocenters. The van der Waals surface area contributed by atoms with Crippen molar-refractivity contribution in [3.05, 3.63) is 143 Å². The maximum atomic E-state index is 13.2. The number of methoxy groups -OCH3 is 2. The highest BCUT2D eigenvalue weighted by molar-refractivity contribution is 6.02. The second-order valence-corrected chi connectivity index (χ2v) is 15.1. The van der Waals surface area contributed by atoms with Crippen molar-refractivity contribution in [3.8, 4) is 23.0 Å². The third kappa shape index (κ3) is 16.9. The fourth-order valence-electron chi connectivity index (χ4n) is 5.89. The summed E-state index contributed by atoms with van der Waals surface area (Å²) in [6, 6.07) is 25.7. The smallest absolute Gasteiger partial charge is 0.408 e. The third-order valence-corrected chi connectivity index (χ3v) is 8.97. The molecule has 4 rings (SSSR count). The Hall–Kier alpha value is -7.35. The lowest BCUT2D eigenvalue weighted by Gasteiger charge is -2.20. The predicted molar refractivity (Wildman–Crippen MR) is 237 cm³/mol. The van der Waals surface area contributed by atoms with E-state index in [1.165, 1.54) is 50.7 Å². The number of ketones is 1. The molecule has 0 saturated carbocycles. The van der Waals surface area contributed by atoms with Gasteiger partial charge in [-0.1, -0.05) is 113 Å². The van der Waals surface area contributed by atoms with Crippen LogP contribution in [0.25, 0.3) is 12.2 Å². The molecule has 3 N–H and O–H groups in total. The highest BCUT2D eigenvalue weighted by atomic mass is 16.6. The van der Waals surface area contributed by atoms with Gasteiger partial charge in [0.25, 0.3) is 0 Å². The second kappa shape index (κ2) is 24.8. The van der Waals surface area contributed by atoms with Crippen LogP contribution in [-0.2, 0) is 37.1 Å². The van der Waals surface area contributed by atoms with Crippen LogP contribution in [0, 0.1) is 11.8 Å². The van der Waals surface area contributed by atoms with Crippen molar-refractivity contribution in [1.29, 1.82) is 0 Å². The molecule has 14 heteroatoms. The lowest BCUT2D eigenvalue weighted by atomic mass is 10.0. The maximum Gasteiger partial charge on any atom is 0.408 e. The van der Waals surface area contributed by atoms with Crippen LogP contribution in [0.3, 0.4) is 0 Å². The Morgan fingerprint density at radius 2 is 0.984 bits per heavy atom. The van der Waals surface area contributed by atoms with Gasteiger partial charge in [0.1, 0.15) is 31.1 Å². The van der Waals surface area contributed by atoms with Crippen molar-refractivity contribution in [2.24, 2.45) is 11.8 Å². The standard InChI is InChI=1S/C49H54N2O12/c1-32(2)25-40(50-48(56)60-30-36-13-9-7-10-14-36)46(54)62-42-23-19-34(27-44(42)58-5)17-21-38(52)29-39(53)22-18-35-20-24-43(45(28-35)59-6)63-47(55)41(26-33(3)4)51-49(57)61-31-37-15-11-8-12-16-37/h7-24,27-29,32-33,40-41,52H,25-26,30-31H2,1-6H3,(H,50,56)(H,51,57)/b21-17+,22-18+,38-29?/t40-,41-/m0/s1. The van der Waals surface area contributed by atoms with E-state index in [-0.39, 0.29) is 53.8 Å². The van der Waals surface area contributed by atoms with Gasteiger partial charge in [-0.2, -0.15) is 0 Å². The molecular weight excluding hydrogens is 809 g/mol. The average Bonchev–Trinajstić information content (AvgIpc) is 3.26. The Morgan fingerprint density at radius 1 is 0.571 bits per heavy atom. The molecule has 0 aromatic heterocycles. The average molecular weight is 863 g/mol. The molecular formula is C49H54N2O12. The van der Waals surface area contributed by atoms with Crippen LogP contribution in [0.5, 0.6) is 23.0 Å². The third-order valence-electron chi connectivity index (χ3n) is 8.97. The number of hydrogen-bond donors (Lipinski definition) is 3. The fraction of sp³-hybridized carbons (Fsp3) is 0.286. The Balaban J connectivity index is 1.33. The fourth-order valence-corrected chi connectivity index (χ4v) is 5.89. The van der Waals surface area contributed by atoms with Crippen LogP contribution in [0.2, 0.25) is 0 Å².